The number of esters is 1. The minimum atomic E-state index is -2.16. The lowest BCUT2D eigenvalue weighted by Gasteiger charge is -2.08. The third kappa shape index (κ3) is 3.06. The van der Waals surface area contributed by atoms with Crippen molar-refractivity contribution in [3.8, 4) is 11.1 Å². The van der Waals surface area contributed by atoms with Crippen molar-refractivity contribution in [1.82, 2.24) is 9.97 Å². The number of pyridine rings is 1. The molecule has 0 bridgehead atoms. The van der Waals surface area contributed by atoms with Crippen LogP contribution in [-0.2, 0) is 15.8 Å². The maximum Gasteiger partial charge on any atom is 0.354 e. The zero-order valence-electron chi connectivity index (χ0n) is 12.6. The van der Waals surface area contributed by atoms with Crippen molar-refractivity contribution in [3.05, 3.63) is 47.2 Å². The molecule has 0 saturated carbocycles. The van der Waals surface area contributed by atoms with E-state index in [1.807, 2.05) is 0 Å². The van der Waals surface area contributed by atoms with Gasteiger partial charge in [0.1, 0.15) is 10.8 Å². The van der Waals surface area contributed by atoms with Crippen molar-refractivity contribution < 1.29 is 18.3 Å². The average molecular weight is 365 g/mol. The summed E-state index contributed by atoms with van der Waals surface area (Å²) in [5.74, 6) is -0.503. The van der Waals surface area contributed by atoms with Crippen LogP contribution in [0.5, 0.6) is 0 Å². The quantitative estimate of drug-likeness (QED) is 0.419. The van der Waals surface area contributed by atoms with E-state index in [1.54, 1.807) is 43.3 Å². The second kappa shape index (κ2) is 6.72. The molecular formula is C16H13ClN2O4S. The number of nitrogens with zero attached hydrogens (tertiary/aromatic N) is 1. The van der Waals surface area contributed by atoms with Crippen LogP contribution < -0.4 is 0 Å². The molecule has 3 aromatic rings. The maximum atomic E-state index is 11.9. The van der Waals surface area contributed by atoms with Gasteiger partial charge in [0.05, 0.1) is 22.5 Å². The van der Waals surface area contributed by atoms with Crippen LogP contribution in [0.4, 0.5) is 0 Å². The number of ether oxygens (including phenoxy) is 1. The number of hydrogen-bond acceptors (Lipinski definition) is 4. The Balaban J connectivity index is 2.25. The molecule has 1 aromatic carbocycles. The fraction of sp³-hybridized carbons (Fsp3) is 0.125. The number of halogens is 1. The first-order valence-electron chi connectivity index (χ1n) is 7.08. The van der Waals surface area contributed by atoms with Crippen LogP contribution in [0.25, 0.3) is 22.2 Å². The predicted molar refractivity (Wildman–Crippen MR) is 91.5 cm³/mol. The van der Waals surface area contributed by atoms with Gasteiger partial charge < -0.3 is 14.3 Å². The molecule has 1 unspecified atom stereocenters. The molecule has 6 nitrogen and oxygen atoms in total. The summed E-state index contributed by atoms with van der Waals surface area (Å²) in [4.78, 5) is 19.3. The van der Waals surface area contributed by atoms with E-state index in [9.17, 15) is 13.6 Å². The Morgan fingerprint density at radius 2 is 2.08 bits per heavy atom. The first-order chi connectivity index (χ1) is 11.5. The Labute approximate surface area is 145 Å². The molecule has 0 aliphatic carbocycles. The van der Waals surface area contributed by atoms with Gasteiger partial charge in [0.2, 0.25) is 0 Å². The van der Waals surface area contributed by atoms with Gasteiger partial charge in [-0.15, -0.1) is 0 Å². The molecule has 2 heterocycles. The highest BCUT2D eigenvalue weighted by molar-refractivity contribution is 7.79. The van der Waals surface area contributed by atoms with Crippen LogP contribution in [0.15, 0.2) is 41.3 Å². The Hall–Kier alpha value is -2.22. The number of fused-ring (bicyclic) bond motifs is 1. The van der Waals surface area contributed by atoms with Gasteiger partial charge in [0.25, 0.3) is 0 Å². The van der Waals surface area contributed by atoms with Crippen molar-refractivity contribution in [2.75, 3.05) is 6.61 Å². The summed E-state index contributed by atoms with van der Waals surface area (Å²) >= 11 is 3.91. The molecule has 24 heavy (non-hydrogen) atoms. The van der Waals surface area contributed by atoms with Crippen molar-refractivity contribution in [3.63, 3.8) is 0 Å². The molecule has 0 spiro atoms. The Kier molecular flexibility index (Phi) is 4.66. The number of rotatable bonds is 4. The summed E-state index contributed by atoms with van der Waals surface area (Å²) < 4.78 is 26.1. The first kappa shape index (κ1) is 16.6. The number of hydrogen-bond donors (Lipinski definition) is 2. The van der Waals surface area contributed by atoms with Gasteiger partial charge in [-0.2, -0.15) is 0 Å². The molecule has 0 fully saturated rings. The second-order valence-electron chi connectivity index (χ2n) is 4.90. The largest absolute Gasteiger partial charge is 0.461 e. The van der Waals surface area contributed by atoms with E-state index in [2.05, 4.69) is 9.97 Å². The molecule has 1 atom stereocenters. The normalized spacial score (nSPS) is 12.3. The van der Waals surface area contributed by atoms with E-state index in [0.29, 0.717) is 22.2 Å². The van der Waals surface area contributed by atoms with Crippen molar-refractivity contribution in [2.45, 2.75) is 11.8 Å². The molecule has 0 aliphatic rings. The molecule has 2 N–H and O–H groups in total. The molecule has 8 heteroatoms. The third-order valence-electron chi connectivity index (χ3n) is 3.42. The van der Waals surface area contributed by atoms with Crippen LogP contribution in [0.1, 0.15) is 17.4 Å². The number of carbonyl (C=O) groups excluding carboxylic acids is 1. The molecule has 0 aliphatic heterocycles. The highest BCUT2D eigenvalue weighted by Crippen LogP contribution is 2.33. The van der Waals surface area contributed by atoms with Crippen molar-refractivity contribution in [1.29, 1.82) is 0 Å². The van der Waals surface area contributed by atoms with Crippen molar-refractivity contribution >= 4 is 39.7 Å². The Morgan fingerprint density at radius 3 is 2.79 bits per heavy atom. The van der Waals surface area contributed by atoms with E-state index >= 15 is 0 Å². The first-order valence-corrected chi connectivity index (χ1v) is 8.56. The topological polar surface area (TPSA) is 92.3 Å². The fourth-order valence-electron chi connectivity index (χ4n) is 2.45. The van der Waals surface area contributed by atoms with Gasteiger partial charge in [-0.3, -0.25) is 0 Å². The third-order valence-corrected chi connectivity index (χ3v) is 4.34. The van der Waals surface area contributed by atoms with Crippen LogP contribution in [-0.4, -0.2) is 31.3 Å². The number of carbonyl (C=O) groups is 1. The van der Waals surface area contributed by atoms with E-state index < -0.39 is 17.0 Å². The van der Waals surface area contributed by atoms with Gasteiger partial charge in [0.15, 0.2) is 11.1 Å². The monoisotopic (exact) mass is 364 g/mol. The van der Waals surface area contributed by atoms with Crippen molar-refractivity contribution in [2.24, 2.45) is 0 Å². The zero-order valence-corrected chi connectivity index (χ0v) is 14.1. The predicted octanol–water partition coefficient (Wildman–Crippen LogP) is 3.64. The van der Waals surface area contributed by atoms with Gasteiger partial charge in [-0.05, 0) is 25.1 Å². The van der Waals surface area contributed by atoms with E-state index in [4.69, 9.17) is 16.3 Å². The molecule has 124 valence electrons. The molecule has 0 amide bonds. The number of aromatic amines is 1. The number of nitrogens with one attached hydrogen (secondary N) is 1. The SMILES string of the molecule is CCOC(=O)c1cc2nc(Cl)cc(-c3ccccc3S(=O)O)c2[nH]1. The van der Waals surface area contributed by atoms with Crippen LogP contribution in [0.3, 0.4) is 0 Å². The molecule has 0 saturated heterocycles. The lowest BCUT2D eigenvalue weighted by Crippen LogP contribution is -2.04. The molecule has 2 aromatic heterocycles. The maximum absolute atomic E-state index is 11.9. The fourth-order valence-corrected chi connectivity index (χ4v) is 3.21. The highest BCUT2D eigenvalue weighted by atomic mass is 35.5. The molecule has 3 rings (SSSR count). The van der Waals surface area contributed by atoms with Gasteiger partial charge >= 0.3 is 5.97 Å². The van der Waals surface area contributed by atoms with E-state index in [1.165, 1.54) is 0 Å². The van der Waals surface area contributed by atoms with Crippen LogP contribution in [0, 0.1) is 0 Å². The van der Waals surface area contributed by atoms with Gasteiger partial charge in [-0.1, -0.05) is 29.8 Å². The van der Waals surface area contributed by atoms with Crippen LogP contribution >= 0.6 is 11.6 Å². The summed E-state index contributed by atoms with van der Waals surface area (Å²) in [6, 6.07) is 9.81. The summed E-state index contributed by atoms with van der Waals surface area (Å²) in [5, 5.41) is 0.213. The lowest BCUT2D eigenvalue weighted by atomic mass is 10.1. The molecule has 0 radical (unpaired) electrons. The number of H-pyrrole nitrogens is 1. The Bertz CT molecular complexity index is 954. The number of benzene rings is 1. The zero-order chi connectivity index (χ0) is 17.3. The van der Waals surface area contributed by atoms with Gasteiger partial charge in [0, 0.05) is 11.1 Å². The average Bonchev–Trinajstić information content (AvgIpc) is 2.98. The van der Waals surface area contributed by atoms with E-state index in [-0.39, 0.29) is 22.3 Å². The summed E-state index contributed by atoms with van der Waals surface area (Å²) in [6.45, 7) is 1.97. The smallest absolute Gasteiger partial charge is 0.354 e. The summed E-state index contributed by atoms with van der Waals surface area (Å²) in [7, 11) is 0. The standard InChI is InChI=1S/C16H13ClN2O4S/c1-2-23-16(20)12-8-11-15(19-12)10(7-14(17)18-11)9-5-3-4-6-13(9)24(21)22/h3-8,19H,2H2,1H3,(H,21,22). The Morgan fingerprint density at radius 1 is 1.33 bits per heavy atom. The molecular weight excluding hydrogens is 352 g/mol. The minimum absolute atomic E-state index is 0.213. The highest BCUT2D eigenvalue weighted by Gasteiger charge is 2.18. The van der Waals surface area contributed by atoms with Gasteiger partial charge in [-0.25, -0.2) is 14.0 Å². The summed E-state index contributed by atoms with van der Waals surface area (Å²) in [6.07, 6.45) is 0. The lowest BCUT2D eigenvalue weighted by molar-refractivity contribution is 0.0520. The van der Waals surface area contributed by atoms with E-state index in [0.717, 1.165) is 0 Å². The van der Waals surface area contributed by atoms with Crippen LogP contribution in [0.2, 0.25) is 5.15 Å². The minimum Gasteiger partial charge on any atom is -0.461 e. The summed E-state index contributed by atoms with van der Waals surface area (Å²) in [5.41, 5.74) is 2.37. The second-order valence-corrected chi connectivity index (χ2v) is 6.23. The number of aromatic nitrogens is 2.